The van der Waals surface area contributed by atoms with E-state index in [0.717, 1.165) is 18.9 Å². The summed E-state index contributed by atoms with van der Waals surface area (Å²) in [5, 5.41) is 24.2. The topological polar surface area (TPSA) is 124 Å². The minimum Gasteiger partial charge on any atom is -0.379 e. The van der Waals surface area contributed by atoms with Crippen molar-refractivity contribution >= 4 is 29.5 Å². The summed E-state index contributed by atoms with van der Waals surface area (Å²) in [5.74, 6) is 0. The number of benzene rings is 1. The second kappa shape index (κ2) is 8.22. The Morgan fingerprint density at radius 1 is 1.16 bits per heavy atom. The molecule has 1 rings (SSSR count). The monoisotopic (exact) mass is 290 g/mol. The molecule has 1 aromatic rings. The lowest BCUT2D eigenvalue weighted by Gasteiger charge is -2.06. The van der Waals surface area contributed by atoms with Crippen molar-refractivity contribution in [1.29, 1.82) is 0 Å². The third kappa shape index (κ3) is 5.06. The van der Waals surface area contributed by atoms with E-state index >= 15 is 0 Å². The first kappa shape index (κ1) is 17.1. The molecule has 0 aliphatic rings. The lowest BCUT2D eigenvalue weighted by Crippen LogP contribution is -2.07. The van der Waals surface area contributed by atoms with E-state index in [1.807, 2.05) is 0 Å². The molecule has 0 unspecified atom stereocenters. The zero-order chi connectivity index (χ0) is 13.5. The smallest absolute Gasteiger partial charge is 0.299 e. The Morgan fingerprint density at radius 2 is 1.84 bits per heavy atom. The SMILES string of the molecule is Cl.NCCCCNc1ccc([N+](=O)[O-])cc1[N+](=O)[O-]. The van der Waals surface area contributed by atoms with E-state index in [0.29, 0.717) is 13.1 Å². The van der Waals surface area contributed by atoms with Gasteiger partial charge in [0, 0.05) is 12.6 Å². The fourth-order valence-electron chi connectivity index (χ4n) is 1.43. The Balaban J connectivity index is 0.00000324. The normalized spacial score (nSPS) is 9.53. The quantitative estimate of drug-likeness (QED) is 0.450. The molecular formula is C10H15ClN4O4. The number of hydrogen-bond donors (Lipinski definition) is 2. The number of unbranched alkanes of at least 4 members (excludes halogenated alkanes) is 1. The largest absolute Gasteiger partial charge is 0.379 e. The fraction of sp³-hybridized carbons (Fsp3) is 0.400. The number of non-ortho nitro benzene ring substituents is 1. The molecule has 19 heavy (non-hydrogen) atoms. The molecule has 0 heterocycles. The molecule has 0 fully saturated rings. The van der Waals surface area contributed by atoms with Crippen molar-refractivity contribution in [3.05, 3.63) is 38.4 Å². The molecule has 0 aliphatic carbocycles. The Morgan fingerprint density at radius 3 is 2.37 bits per heavy atom. The summed E-state index contributed by atoms with van der Waals surface area (Å²) in [4.78, 5) is 20.0. The predicted molar refractivity (Wildman–Crippen MR) is 73.8 cm³/mol. The molecule has 0 saturated carbocycles. The predicted octanol–water partition coefficient (Wildman–Crippen LogP) is 2.08. The maximum Gasteiger partial charge on any atom is 0.299 e. The summed E-state index contributed by atoms with van der Waals surface area (Å²) in [7, 11) is 0. The van der Waals surface area contributed by atoms with Crippen molar-refractivity contribution in [1.82, 2.24) is 0 Å². The Kier molecular flexibility index (Phi) is 7.39. The number of anilines is 1. The summed E-state index contributed by atoms with van der Waals surface area (Å²) in [6.07, 6.45) is 1.60. The fourth-order valence-corrected chi connectivity index (χ4v) is 1.43. The molecule has 0 atom stereocenters. The summed E-state index contributed by atoms with van der Waals surface area (Å²) in [5.41, 5.74) is 5.02. The number of rotatable bonds is 7. The van der Waals surface area contributed by atoms with Crippen molar-refractivity contribution in [3.8, 4) is 0 Å². The second-order valence-corrected chi connectivity index (χ2v) is 3.64. The lowest BCUT2D eigenvalue weighted by atomic mass is 10.2. The van der Waals surface area contributed by atoms with Crippen LogP contribution in [0.15, 0.2) is 18.2 Å². The van der Waals surface area contributed by atoms with Gasteiger partial charge in [-0.2, -0.15) is 0 Å². The number of nitrogens with zero attached hydrogens (tertiary/aromatic N) is 2. The van der Waals surface area contributed by atoms with Crippen molar-refractivity contribution < 1.29 is 9.85 Å². The molecular weight excluding hydrogens is 276 g/mol. The van der Waals surface area contributed by atoms with Gasteiger partial charge in [0.2, 0.25) is 0 Å². The van der Waals surface area contributed by atoms with Crippen molar-refractivity contribution in [2.75, 3.05) is 18.4 Å². The zero-order valence-corrected chi connectivity index (χ0v) is 10.9. The van der Waals surface area contributed by atoms with Gasteiger partial charge in [-0.3, -0.25) is 20.2 Å². The lowest BCUT2D eigenvalue weighted by molar-refractivity contribution is -0.393. The molecule has 0 bridgehead atoms. The Bertz CT molecular complexity index is 455. The van der Waals surface area contributed by atoms with E-state index in [1.54, 1.807) is 0 Å². The van der Waals surface area contributed by atoms with Crippen LogP contribution in [0.4, 0.5) is 17.1 Å². The molecule has 106 valence electrons. The molecule has 3 N–H and O–H groups in total. The number of nitro benzene ring substituents is 2. The van der Waals surface area contributed by atoms with Crippen LogP contribution in [0.25, 0.3) is 0 Å². The van der Waals surface area contributed by atoms with E-state index in [2.05, 4.69) is 5.32 Å². The van der Waals surface area contributed by atoms with Gasteiger partial charge in [0.05, 0.1) is 15.9 Å². The summed E-state index contributed by atoms with van der Waals surface area (Å²) < 4.78 is 0. The highest BCUT2D eigenvalue weighted by molar-refractivity contribution is 5.85. The van der Waals surface area contributed by atoms with Crippen LogP contribution in [0.3, 0.4) is 0 Å². The molecule has 0 aliphatic heterocycles. The van der Waals surface area contributed by atoms with E-state index in [9.17, 15) is 20.2 Å². The highest BCUT2D eigenvalue weighted by Gasteiger charge is 2.18. The van der Waals surface area contributed by atoms with Crippen molar-refractivity contribution in [2.45, 2.75) is 12.8 Å². The van der Waals surface area contributed by atoms with Gasteiger partial charge in [0.15, 0.2) is 0 Å². The molecule has 0 aromatic heterocycles. The summed E-state index contributed by atoms with van der Waals surface area (Å²) in [6, 6.07) is 3.53. The van der Waals surface area contributed by atoms with E-state index in [1.165, 1.54) is 12.1 Å². The highest BCUT2D eigenvalue weighted by Crippen LogP contribution is 2.28. The van der Waals surface area contributed by atoms with Gasteiger partial charge < -0.3 is 11.1 Å². The summed E-state index contributed by atoms with van der Waals surface area (Å²) >= 11 is 0. The molecule has 8 nitrogen and oxygen atoms in total. The molecule has 0 saturated heterocycles. The van der Waals surface area contributed by atoms with E-state index in [-0.39, 0.29) is 29.5 Å². The van der Waals surface area contributed by atoms with Gasteiger partial charge in [-0.15, -0.1) is 12.4 Å². The molecule has 0 amide bonds. The van der Waals surface area contributed by atoms with Crippen LogP contribution >= 0.6 is 12.4 Å². The molecule has 1 aromatic carbocycles. The number of hydrogen-bond acceptors (Lipinski definition) is 6. The third-order valence-corrected chi connectivity index (χ3v) is 2.34. The molecule has 0 radical (unpaired) electrons. The second-order valence-electron chi connectivity index (χ2n) is 3.64. The first-order valence-electron chi connectivity index (χ1n) is 5.43. The van der Waals surface area contributed by atoms with Crippen LogP contribution in [0.2, 0.25) is 0 Å². The summed E-state index contributed by atoms with van der Waals surface area (Å²) in [6.45, 7) is 1.10. The third-order valence-electron chi connectivity index (χ3n) is 2.34. The van der Waals surface area contributed by atoms with Gasteiger partial charge in [0.1, 0.15) is 5.69 Å². The van der Waals surface area contributed by atoms with Crippen molar-refractivity contribution in [2.24, 2.45) is 5.73 Å². The first-order chi connectivity index (χ1) is 8.56. The Hall–Kier alpha value is -1.93. The van der Waals surface area contributed by atoms with Crippen LogP contribution in [-0.4, -0.2) is 22.9 Å². The van der Waals surface area contributed by atoms with E-state index < -0.39 is 9.85 Å². The maximum atomic E-state index is 10.8. The van der Waals surface area contributed by atoms with E-state index in [4.69, 9.17) is 5.73 Å². The van der Waals surface area contributed by atoms with Crippen molar-refractivity contribution in [3.63, 3.8) is 0 Å². The molecule has 9 heteroatoms. The van der Waals surface area contributed by atoms with Crippen LogP contribution < -0.4 is 11.1 Å². The number of nitro groups is 2. The Labute approximate surface area is 115 Å². The minimum absolute atomic E-state index is 0. The van der Waals surface area contributed by atoms with Gasteiger partial charge in [-0.25, -0.2) is 0 Å². The first-order valence-corrected chi connectivity index (χ1v) is 5.43. The average molecular weight is 291 g/mol. The standard InChI is InChI=1S/C10H14N4O4.ClH/c11-5-1-2-6-12-9-4-3-8(13(15)16)7-10(9)14(17)18;/h3-4,7,12H,1-2,5-6,11H2;1H. The maximum absolute atomic E-state index is 10.8. The molecule has 0 spiro atoms. The average Bonchev–Trinajstić information content (AvgIpc) is 2.34. The minimum atomic E-state index is -0.662. The van der Waals surface area contributed by atoms with Gasteiger partial charge in [-0.1, -0.05) is 0 Å². The van der Waals surface area contributed by atoms with Crippen LogP contribution in [-0.2, 0) is 0 Å². The highest BCUT2D eigenvalue weighted by atomic mass is 35.5. The van der Waals surface area contributed by atoms with Crippen LogP contribution in [0, 0.1) is 20.2 Å². The van der Waals surface area contributed by atoms with Gasteiger partial charge >= 0.3 is 0 Å². The van der Waals surface area contributed by atoms with Crippen LogP contribution in [0.1, 0.15) is 12.8 Å². The zero-order valence-electron chi connectivity index (χ0n) is 10.1. The van der Waals surface area contributed by atoms with Gasteiger partial charge in [-0.05, 0) is 25.5 Å². The number of halogens is 1. The van der Waals surface area contributed by atoms with Crippen LogP contribution in [0.5, 0.6) is 0 Å². The number of nitrogens with two attached hydrogens (primary N) is 1. The van der Waals surface area contributed by atoms with Gasteiger partial charge in [0.25, 0.3) is 11.4 Å². The number of nitrogens with one attached hydrogen (secondary N) is 1.